The maximum Gasteiger partial charge on any atom is 0.363 e. The van der Waals surface area contributed by atoms with E-state index in [4.69, 9.17) is 11.6 Å². The molecule has 28 heavy (non-hydrogen) atoms. The molecule has 154 valence electrons. The normalized spacial score (nSPS) is 24.5. The van der Waals surface area contributed by atoms with Crippen LogP contribution in [0.15, 0.2) is 4.99 Å². The first kappa shape index (κ1) is 21.1. The molecule has 1 atom stereocenters. The summed E-state index contributed by atoms with van der Waals surface area (Å²) in [7, 11) is 0. The lowest BCUT2D eigenvalue weighted by Crippen LogP contribution is -2.49. The number of nitriles is 1. The van der Waals surface area contributed by atoms with Gasteiger partial charge < -0.3 is 14.7 Å². The smallest absolute Gasteiger partial charge is 0.353 e. The molecule has 6 nitrogen and oxygen atoms in total. The van der Waals surface area contributed by atoms with Crippen molar-refractivity contribution in [2.24, 2.45) is 4.99 Å². The first-order chi connectivity index (χ1) is 13.8. The van der Waals surface area contributed by atoms with Crippen LogP contribution >= 0.6 is 0 Å². The third kappa shape index (κ3) is 5.93. The van der Waals surface area contributed by atoms with Crippen LogP contribution in [-0.4, -0.2) is 85.0 Å². The zero-order chi connectivity index (χ0) is 19.6. The Morgan fingerprint density at radius 1 is 1.00 bits per heavy atom. The van der Waals surface area contributed by atoms with Crippen LogP contribution in [0.3, 0.4) is 0 Å². The van der Waals surface area contributed by atoms with Crippen LogP contribution in [0.5, 0.6) is 0 Å². The summed E-state index contributed by atoms with van der Waals surface area (Å²) < 4.78 is 0. The second-order valence-corrected chi connectivity index (χ2v) is 8.47. The van der Waals surface area contributed by atoms with Gasteiger partial charge in [-0.2, -0.15) is 5.26 Å². The molecule has 6 heteroatoms. The van der Waals surface area contributed by atoms with Gasteiger partial charge in [0.1, 0.15) is 0 Å². The van der Waals surface area contributed by atoms with Crippen molar-refractivity contribution >= 4 is 5.84 Å². The van der Waals surface area contributed by atoms with Crippen molar-refractivity contribution in [1.82, 2.24) is 14.7 Å². The Morgan fingerprint density at radius 3 is 2.25 bits per heavy atom. The third-order valence-corrected chi connectivity index (χ3v) is 6.55. The van der Waals surface area contributed by atoms with Crippen LogP contribution < -0.4 is 0 Å². The average Bonchev–Trinajstić information content (AvgIpc) is 2.77. The maximum atomic E-state index is 9.46. The minimum Gasteiger partial charge on any atom is -0.353 e. The number of hydrogen-bond acceptors (Lipinski definition) is 4. The minimum absolute atomic E-state index is 0.672. The van der Waals surface area contributed by atoms with E-state index in [0.717, 1.165) is 51.3 Å². The van der Waals surface area contributed by atoms with Crippen molar-refractivity contribution in [1.29, 1.82) is 5.26 Å². The minimum atomic E-state index is -0.749. The van der Waals surface area contributed by atoms with Gasteiger partial charge in [-0.3, -0.25) is 9.84 Å². The number of piperidine rings is 3. The lowest BCUT2D eigenvalue weighted by Gasteiger charge is -2.40. The van der Waals surface area contributed by atoms with Crippen LogP contribution in [0.2, 0.25) is 0 Å². The summed E-state index contributed by atoms with van der Waals surface area (Å²) in [5, 5.41) is 9.46. The summed E-state index contributed by atoms with van der Waals surface area (Å²) in [6.07, 6.45) is 11.3. The number of aliphatic imine (C=N–C) groups is 1. The molecule has 3 heterocycles. The van der Waals surface area contributed by atoms with E-state index in [0.29, 0.717) is 6.04 Å². The molecule has 0 amide bonds. The summed E-state index contributed by atoms with van der Waals surface area (Å²) in [4.78, 5) is 15.7. The van der Waals surface area contributed by atoms with Crippen molar-refractivity contribution in [3.05, 3.63) is 11.4 Å². The molecule has 3 aliphatic heterocycles. The van der Waals surface area contributed by atoms with Gasteiger partial charge in [-0.15, -0.1) is 0 Å². The van der Waals surface area contributed by atoms with Crippen molar-refractivity contribution in [2.45, 2.75) is 69.9 Å². The molecule has 3 aliphatic rings. The molecule has 0 aliphatic carbocycles. The Morgan fingerprint density at radius 2 is 1.64 bits per heavy atom. The standard InChI is InChI=1S/C22H36N6/c1-24-21(19-23)22(25-11-8-14-26-12-4-2-5-13-26)28-17-9-20(10-18-28)27-15-6-3-7-16-27/h20-21H,2-18H2. The third-order valence-electron chi connectivity index (χ3n) is 6.55. The first-order valence-corrected chi connectivity index (χ1v) is 11.3. The van der Waals surface area contributed by atoms with Crippen molar-refractivity contribution in [3.8, 4) is 6.07 Å². The van der Waals surface area contributed by atoms with E-state index < -0.39 is 6.04 Å². The molecular formula is C22H36N6. The first-order valence-electron chi connectivity index (χ1n) is 11.3. The SMILES string of the molecule is [C-]#[N+]C(C#N)C(=NCCCN1CCCCC1)N1CCC(N2CCCCC2)CC1. The molecule has 1 unspecified atom stereocenters. The zero-order valence-electron chi connectivity index (χ0n) is 17.4. The fourth-order valence-electron chi connectivity index (χ4n) is 4.92. The molecule has 0 bridgehead atoms. The summed E-state index contributed by atoms with van der Waals surface area (Å²) in [6.45, 7) is 16.0. The summed E-state index contributed by atoms with van der Waals surface area (Å²) in [5.41, 5.74) is 0. The molecule has 0 radical (unpaired) electrons. The highest BCUT2D eigenvalue weighted by molar-refractivity contribution is 5.91. The van der Waals surface area contributed by atoms with Crippen LogP contribution in [0.1, 0.15) is 57.8 Å². The predicted octanol–water partition coefficient (Wildman–Crippen LogP) is 3.02. The van der Waals surface area contributed by atoms with Gasteiger partial charge in [0.15, 0.2) is 11.9 Å². The summed E-state index contributed by atoms with van der Waals surface area (Å²) in [6, 6.07) is 2.09. The highest BCUT2D eigenvalue weighted by atomic mass is 15.2. The van der Waals surface area contributed by atoms with Gasteiger partial charge >= 0.3 is 6.04 Å². The lowest BCUT2D eigenvalue weighted by atomic mass is 9.99. The number of amidine groups is 1. The predicted molar refractivity (Wildman–Crippen MR) is 113 cm³/mol. The van der Waals surface area contributed by atoms with Crippen LogP contribution in [0, 0.1) is 17.9 Å². The van der Waals surface area contributed by atoms with Crippen LogP contribution in [-0.2, 0) is 0 Å². The molecular weight excluding hydrogens is 348 g/mol. The van der Waals surface area contributed by atoms with E-state index in [9.17, 15) is 5.26 Å². The van der Waals surface area contributed by atoms with E-state index in [-0.39, 0.29) is 0 Å². The van der Waals surface area contributed by atoms with Crippen LogP contribution in [0.25, 0.3) is 4.85 Å². The van der Waals surface area contributed by atoms with Crippen LogP contribution in [0.4, 0.5) is 0 Å². The Hall–Kier alpha value is -1.63. The van der Waals surface area contributed by atoms with E-state index in [2.05, 4.69) is 25.6 Å². The monoisotopic (exact) mass is 384 g/mol. The molecule has 0 saturated carbocycles. The molecule has 3 fully saturated rings. The summed E-state index contributed by atoms with van der Waals surface area (Å²) in [5.74, 6) is 0.730. The van der Waals surface area contributed by atoms with Gasteiger partial charge in [0.25, 0.3) is 0 Å². The highest BCUT2D eigenvalue weighted by Crippen LogP contribution is 2.22. The Labute approximate surface area is 171 Å². The molecule has 0 N–H and O–H groups in total. The molecule has 0 aromatic heterocycles. The molecule has 3 rings (SSSR count). The van der Waals surface area contributed by atoms with Gasteiger partial charge in [0.2, 0.25) is 0 Å². The van der Waals surface area contributed by atoms with Crippen molar-refractivity contribution in [2.75, 3.05) is 52.4 Å². The molecule has 0 spiro atoms. The molecule has 3 saturated heterocycles. The quantitative estimate of drug-likeness (QED) is 0.306. The number of rotatable bonds is 6. The largest absolute Gasteiger partial charge is 0.363 e. The fraction of sp³-hybridized carbons (Fsp3) is 0.864. The lowest BCUT2D eigenvalue weighted by molar-refractivity contribution is 0.114. The van der Waals surface area contributed by atoms with Crippen molar-refractivity contribution in [3.63, 3.8) is 0 Å². The van der Waals surface area contributed by atoms with E-state index in [1.165, 1.54) is 64.7 Å². The van der Waals surface area contributed by atoms with Gasteiger partial charge in [0, 0.05) is 25.7 Å². The van der Waals surface area contributed by atoms with Gasteiger partial charge in [-0.05, 0) is 77.7 Å². The number of hydrogen-bond donors (Lipinski definition) is 0. The summed E-state index contributed by atoms with van der Waals surface area (Å²) >= 11 is 0. The van der Waals surface area contributed by atoms with Gasteiger partial charge in [-0.1, -0.05) is 12.8 Å². The topological polar surface area (TPSA) is 50.2 Å². The van der Waals surface area contributed by atoms with Crippen molar-refractivity contribution < 1.29 is 0 Å². The Balaban J connectivity index is 1.51. The fourth-order valence-corrected chi connectivity index (χ4v) is 4.92. The number of nitrogens with zero attached hydrogens (tertiary/aromatic N) is 6. The number of likely N-dealkylation sites (tertiary alicyclic amines) is 3. The zero-order valence-corrected chi connectivity index (χ0v) is 17.4. The Bertz CT molecular complexity index is 555. The van der Waals surface area contributed by atoms with Gasteiger partial charge in [0.05, 0.1) is 0 Å². The van der Waals surface area contributed by atoms with E-state index >= 15 is 0 Å². The van der Waals surface area contributed by atoms with E-state index in [1.807, 2.05) is 0 Å². The maximum absolute atomic E-state index is 9.46. The van der Waals surface area contributed by atoms with Gasteiger partial charge in [-0.25, -0.2) is 6.57 Å². The highest BCUT2D eigenvalue weighted by Gasteiger charge is 2.31. The second kappa shape index (κ2) is 11.4. The molecule has 0 aromatic rings. The van der Waals surface area contributed by atoms with E-state index in [1.54, 1.807) is 0 Å². The Kier molecular flexibility index (Phi) is 8.58. The average molecular weight is 385 g/mol. The molecule has 0 aromatic carbocycles. The second-order valence-electron chi connectivity index (χ2n) is 8.47.